The summed E-state index contributed by atoms with van der Waals surface area (Å²) < 4.78 is 32.2. The van der Waals surface area contributed by atoms with Crippen LogP contribution >= 0.6 is 11.3 Å². The van der Waals surface area contributed by atoms with Crippen molar-refractivity contribution in [3.05, 3.63) is 72.0 Å². The summed E-state index contributed by atoms with van der Waals surface area (Å²) in [4.78, 5) is 12.3. The van der Waals surface area contributed by atoms with E-state index in [9.17, 15) is 13.2 Å². The lowest BCUT2D eigenvalue weighted by atomic mass is 10.3. The average molecular weight is 376 g/mol. The van der Waals surface area contributed by atoms with Crippen molar-refractivity contribution in [3.63, 3.8) is 0 Å². The van der Waals surface area contributed by atoms with Crippen LogP contribution in [-0.4, -0.2) is 25.2 Å². The SMILES string of the molecule is O=C(CN(Cc1ccco1)S(=O)(=O)c1cccs1)Nc1ccccc1. The molecule has 0 fully saturated rings. The molecule has 3 aromatic rings. The molecule has 0 saturated heterocycles. The summed E-state index contributed by atoms with van der Waals surface area (Å²) in [6.07, 6.45) is 1.47. The topological polar surface area (TPSA) is 79.6 Å². The van der Waals surface area contributed by atoms with Gasteiger partial charge in [0, 0.05) is 5.69 Å². The van der Waals surface area contributed by atoms with E-state index in [2.05, 4.69) is 5.32 Å². The van der Waals surface area contributed by atoms with Crippen molar-refractivity contribution in [3.8, 4) is 0 Å². The zero-order chi connectivity index (χ0) is 17.7. The third-order valence-electron chi connectivity index (χ3n) is 3.38. The quantitative estimate of drug-likeness (QED) is 0.687. The van der Waals surface area contributed by atoms with Crippen molar-refractivity contribution in [2.75, 3.05) is 11.9 Å². The van der Waals surface area contributed by atoms with E-state index in [4.69, 9.17) is 4.42 Å². The average Bonchev–Trinajstić information content (AvgIpc) is 3.29. The number of hydrogen-bond donors (Lipinski definition) is 1. The third-order valence-corrected chi connectivity index (χ3v) is 6.54. The predicted octanol–water partition coefficient (Wildman–Crippen LogP) is 3.17. The fraction of sp³-hybridized carbons (Fsp3) is 0.118. The number of anilines is 1. The number of thiophene rings is 1. The number of carbonyl (C=O) groups excluding carboxylic acids is 1. The van der Waals surface area contributed by atoms with Crippen LogP contribution in [-0.2, 0) is 21.4 Å². The summed E-state index contributed by atoms with van der Waals surface area (Å²) in [5, 5.41) is 4.38. The Morgan fingerprint density at radius 3 is 2.52 bits per heavy atom. The van der Waals surface area contributed by atoms with Crippen molar-refractivity contribution in [2.24, 2.45) is 0 Å². The zero-order valence-electron chi connectivity index (χ0n) is 13.2. The lowest BCUT2D eigenvalue weighted by Crippen LogP contribution is -2.37. The van der Waals surface area contributed by atoms with Gasteiger partial charge in [0.2, 0.25) is 5.91 Å². The smallest absolute Gasteiger partial charge is 0.253 e. The number of furan rings is 1. The molecule has 1 amide bonds. The summed E-state index contributed by atoms with van der Waals surface area (Å²) in [5.41, 5.74) is 0.610. The van der Waals surface area contributed by atoms with Gasteiger partial charge in [-0.15, -0.1) is 11.3 Å². The van der Waals surface area contributed by atoms with Gasteiger partial charge < -0.3 is 9.73 Å². The molecule has 6 nitrogen and oxygen atoms in total. The van der Waals surface area contributed by atoms with Gasteiger partial charge in [-0.2, -0.15) is 4.31 Å². The molecule has 0 aliphatic heterocycles. The Kier molecular flexibility index (Phi) is 5.32. The second kappa shape index (κ2) is 7.64. The van der Waals surface area contributed by atoms with Gasteiger partial charge in [-0.25, -0.2) is 8.42 Å². The van der Waals surface area contributed by atoms with Crippen molar-refractivity contribution in [2.45, 2.75) is 10.8 Å². The summed E-state index contributed by atoms with van der Waals surface area (Å²) in [6, 6.07) is 15.4. The molecule has 2 aromatic heterocycles. The molecular weight excluding hydrogens is 360 g/mol. The highest BCUT2D eigenvalue weighted by atomic mass is 32.2. The number of amides is 1. The minimum absolute atomic E-state index is 0.0184. The van der Waals surface area contributed by atoms with Crippen LogP contribution in [0.15, 0.2) is 74.9 Å². The minimum atomic E-state index is -3.79. The lowest BCUT2D eigenvalue weighted by Gasteiger charge is -2.20. The Morgan fingerprint density at radius 1 is 1.08 bits per heavy atom. The van der Waals surface area contributed by atoms with Gasteiger partial charge in [-0.05, 0) is 35.7 Å². The van der Waals surface area contributed by atoms with Crippen LogP contribution in [0.1, 0.15) is 5.76 Å². The van der Waals surface area contributed by atoms with Gasteiger partial charge in [-0.3, -0.25) is 4.79 Å². The Labute approximate surface area is 149 Å². The molecule has 0 bridgehead atoms. The molecule has 2 heterocycles. The van der Waals surface area contributed by atoms with Crippen molar-refractivity contribution < 1.29 is 17.6 Å². The normalized spacial score (nSPS) is 11.6. The van der Waals surface area contributed by atoms with E-state index in [-0.39, 0.29) is 17.3 Å². The van der Waals surface area contributed by atoms with Crippen LogP contribution in [0.25, 0.3) is 0 Å². The first kappa shape index (κ1) is 17.4. The summed E-state index contributed by atoms with van der Waals surface area (Å²) >= 11 is 1.11. The maximum absolute atomic E-state index is 12.8. The molecule has 3 rings (SSSR count). The van der Waals surface area contributed by atoms with E-state index >= 15 is 0 Å². The van der Waals surface area contributed by atoms with Crippen molar-refractivity contribution in [1.29, 1.82) is 0 Å². The van der Waals surface area contributed by atoms with Gasteiger partial charge in [0.15, 0.2) is 0 Å². The molecule has 0 radical (unpaired) electrons. The van der Waals surface area contributed by atoms with Crippen LogP contribution in [0.4, 0.5) is 5.69 Å². The Bertz CT molecular complexity index is 905. The van der Waals surface area contributed by atoms with Crippen LogP contribution in [0, 0.1) is 0 Å². The molecule has 8 heteroatoms. The molecule has 0 spiro atoms. The second-order valence-corrected chi connectivity index (χ2v) is 8.31. The molecule has 0 unspecified atom stereocenters. The number of para-hydroxylation sites is 1. The largest absolute Gasteiger partial charge is 0.468 e. The number of benzene rings is 1. The standard InChI is InChI=1S/C17H16N2O4S2/c20-16(18-14-6-2-1-3-7-14)13-19(12-15-8-4-10-23-15)25(21,22)17-9-5-11-24-17/h1-11H,12-13H2,(H,18,20). The molecule has 130 valence electrons. The first-order valence-corrected chi connectivity index (χ1v) is 9.78. The van der Waals surface area contributed by atoms with Crippen LogP contribution in [0.5, 0.6) is 0 Å². The van der Waals surface area contributed by atoms with Gasteiger partial charge >= 0.3 is 0 Å². The highest BCUT2D eigenvalue weighted by Crippen LogP contribution is 2.23. The summed E-state index contributed by atoms with van der Waals surface area (Å²) in [7, 11) is -3.79. The van der Waals surface area contributed by atoms with Gasteiger partial charge in [0.25, 0.3) is 10.0 Å². The van der Waals surface area contributed by atoms with Crippen LogP contribution < -0.4 is 5.32 Å². The molecule has 0 atom stereocenters. The fourth-order valence-corrected chi connectivity index (χ4v) is 4.73. The molecular formula is C17H16N2O4S2. The minimum Gasteiger partial charge on any atom is -0.468 e. The molecule has 1 N–H and O–H groups in total. The molecule has 25 heavy (non-hydrogen) atoms. The number of hydrogen-bond acceptors (Lipinski definition) is 5. The van der Waals surface area contributed by atoms with Crippen LogP contribution in [0.3, 0.4) is 0 Å². The number of rotatable bonds is 7. The number of nitrogens with zero attached hydrogens (tertiary/aromatic N) is 1. The first-order chi connectivity index (χ1) is 12.1. The monoisotopic (exact) mass is 376 g/mol. The van der Waals surface area contributed by atoms with E-state index in [1.54, 1.807) is 47.8 Å². The molecule has 0 aliphatic rings. The number of carbonyl (C=O) groups is 1. The number of sulfonamides is 1. The van der Waals surface area contributed by atoms with Gasteiger partial charge in [-0.1, -0.05) is 24.3 Å². The van der Waals surface area contributed by atoms with Crippen molar-refractivity contribution >= 4 is 33.0 Å². The van der Waals surface area contributed by atoms with Gasteiger partial charge in [0.05, 0.1) is 19.4 Å². The van der Waals surface area contributed by atoms with E-state index in [0.717, 1.165) is 15.6 Å². The molecule has 1 aromatic carbocycles. The fourth-order valence-electron chi connectivity index (χ4n) is 2.22. The zero-order valence-corrected chi connectivity index (χ0v) is 14.8. The Hall–Kier alpha value is -2.42. The van der Waals surface area contributed by atoms with E-state index in [1.165, 1.54) is 12.3 Å². The second-order valence-electron chi connectivity index (χ2n) is 5.20. The maximum Gasteiger partial charge on any atom is 0.253 e. The van der Waals surface area contributed by atoms with E-state index in [1.807, 2.05) is 6.07 Å². The predicted molar refractivity (Wildman–Crippen MR) is 95.7 cm³/mol. The van der Waals surface area contributed by atoms with Crippen molar-refractivity contribution in [1.82, 2.24) is 4.31 Å². The van der Waals surface area contributed by atoms with E-state index < -0.39 is 15.9 Å². The Balaban J connectivity index is 1.80. The maximum atomic E-state index is 12.8. The highest BCUT2D eigenvalue weighted by Gasteiger charge is 2.28. The molecule has 0 saturated carbocycles. The number of nitrogens with one attached hydrogen (secondary N) is 1. The van der Waals surface area contributed by atoms with Crippen LogP contribution in [0.2, 0.25) is 0 Å². The highest BCUT2D eigenvalue weighted by molar-refractivity contribution is 7.91. The summed E-state index contributed by atoms with van der Waals surface area (Å²) in [5.74, 6) is 0.0468. The third kappa shape index (κ3) is 4.36. The summed E-state index contributed by atoms with van der Waals surface area (Å²) in [6.45, 7) is -0.328. The van der Waals surface area contributed by atoms with E-state index in [0.29, 0.717) is 11.4 Å². The first-order valence-electron chi connectivity index (χ1n) is 7.46. The Morgan fingerprint density at radius 2 is 1.88 bits per heavy atom. The molecule has 0 aliphatic carbocycles. The van der Waals surface area contributed by atoms with Gasteiger partial charge in [0.1, 0.15) is 9.97 Å². The lowest BCUT2D eigenvalue weighted by molar-refractivity contribution is -0.116.